The third kappa shape index (κ3) is 5.51. The minimum atomic E-state index is -3.84. The van der Waals surface area contributed by atoms with E-state index in [1.54, 1.807) is 12.1 Å². The summed E-state index contributed by atoms with van der Waals surface area (Å²) in [6.45, 7) is -0.459. The standard InChI is InChI=1S/C19H21FN2O4S/c20-14-4-3-5-15(12-14)22-19(23)13-21-27(24,25)18-10-8-17(9-11-18)26-16-6-1-2-7-16/h3-5,8-12,16,21H,1-2,6-7,13H2,(H,22,23). The van der Waals surface area contributed by atoms with Crippen molar-refractivity contribution in [1.82, 2.24) is 4.72 Å². The molecule has 144 valence electrons. The van der Waals surface area contributed by atoms with Gasteiger partial charge >= 0.3 is 0 Å². The zero-order chi connectivity index (χ0) is 19.3. The van der Waals surface area contributed by atoms with Crippen molar-refractivity contribution in [2.45, 2.75) is 36.7 Å². The molecule has 27 heavy (non-hydrogen) atoms. The van der Waals surface area contributed by atoms with Gasteiger partial charge in [-0.2, -0.15) is 0 Å². The molecular formula is C19H21FN2O4S. The van der Waals surface area contributed by atoms with E-state index in [0.717, 1.165) is 31.7 Å². The fourth-order valence-electron chi connectivity index (χ4n) is 2.91. The Morgan fingerprint density at radius 3 is 2.48 bits per heavy atom. The van der Waals surface area contributed by atoms with E-state index in [4.69, 9.17) is 4.74 Å². The van der Waals surface area contributed by atoms with Gasteiger partial charge in [-0.1, -0.05) is 6.07 Å². The molecule has 0 bridgehead atoms. The lowest BCUT2D eigenvalue weighted by Crippen LogP contribution is -2.32. The van der Waals surface area contributed by atoms with Gasteiger partial charge in [0.2, 0.25) is 15.9 Å². The van der Waals surface area contributed by atoms with Crippen LogP contribution in [0.5, 0.6) is 5.75 Å². The smallest absolute Gasteiger partial charge is 0.241 e. The van der Waals surface area contributed by atoms with Gasteiger partial charge in [0.25, 0.3) is 0 Å². The van der Waals surface area contributed by atoms with Gasteiger partial charge < -0.3 is 10.1 Å². The van der Waals surface area contributed by atoms with Crippen LogP contribution in [-0.4, -0.2) is 27.0 Å². The number of sulfonamides is 1. The van der Waals surface area contributed by atoms with Crippen molar-refractivity contribution in [2.75, 3.05) is 11.9 Å². The Bertz CT molecular complexity index is 894. The summed E-state index contributed by atoms with van der Waals surface area (Å²) in [7, 11) is -3.84. The van der Waals surface area contributed by atoms with E-state index in [9.17, 15) is 17.6 Å². The average Bonchev–Trinajstić information content (AvgIpc) is 3.14. The van der Waals surface area contributed by atoms with Crippen molar-refractivity contribution in [2.24, 2.45) is 0 Å². The predicted octanol–water partition coefficient (Wildman–Crippen LogP) is 3.06. The highest BCUT2D eigenvalue weighted by Crippen LogP contribution is 2.24. The van der Waals surface area contributed by atoms with Gasteiger partial charge in [-0.25, -0.2) is 17.5 Å². The molecule has 0 atom stereocenters. The molecule has 6 nitrogen and oxygen atoms in total. The Balaban J connectivity index is 1.55. The number of halogens is 1. The number of carbonyl (C=O) groups is 1. The summed E-state index contributed by atoms with van der Waals surface area (Å²) in [5.74, 6) is -0.455. The van der Waals surface area contributed by atoms with E-state index in [0.29, 0.717) is 5.75 Å². The van der Waals surface area contributed by atoms with Crippen LogP contribution < -0.4 is 14.8 Å². The minimum Gasteiger partial charge on any atom is -0.490 e. The number of amides is 1. The second-order valence-electron chi connectivity index (χ2n) is 6.38. The molecule has 1 fully saturated rings. The summed E-state index contributed by atoms with van der Waals surface area (Å²) in [4.78, 5) is 11.9. The van der Waals surface area contributed by atoms with Gasteiger partial charge in [-0.3, -0.25) is 4.79 Å². The molecule has 0 spiro atoms. The van der Waals surface area contributed by atoms with Crippen LogP contribution in [0.2, 0.25) is 0 Å². The number of benzene rings is 2. The van der Waals surface area contributed by atoms with Crippen LogP contribution in [0.25, 0.3) is 0 Å². The molecule has 0 saturated heterocycles. The van der Waals surface area contributed by atoms with Gasteiger partial charge in [0.05, 0.1) is 17.5 Å². The first-order valence-electron chi connectivity index (χ1n) is 8.74. The average molecular weight is 392 g/mol. The van der Waals surface area contributed by atoms with Crippen molar-refractivity contribution >= 4 is 21.6 Å². The molecule has 8 heteroatoms. The van der Waals surface area contributed by atoms with Crippen LogP contribution in [-0.2, 0) is 14.8 Å². The summed E-state index contributed by atoms with van der Waals surface area (Å²) >= 11 is 0. The first-order valence-corrected chi connectivity index (χ1v) is 10.2. The largest absolute Gasteiger partial charge is 0.490 e. The summed E-state index contributed by atoms with van der Waals surface area (Å²) < 4.78 is 45.8. The van der Waals surface area contributed by atoms with Crippen LogP contribution in [0.3, 0.4) is 0 Å². The van der Waals surface area contributed by atoms with Gasteiger partial charge in [-0.05, 0) is 68.1 Å². The maximum Gasteiger partial charge on any atom is 0.241 e. The Morgan fingerprint density at radius 1 is 1.11 bits per heavy atom. The summed E-state index contributed by atoms with van der Waals surface area (Å²) in [5, 5.41) is 2.43. The fraction of sp³-hybridized carbons (Fsp3) is 0.316. The molecular weight excluding hydrogens is 371 g/mol. The second-order valence-corrected chi connectivity index (χ2v) is 8.15. The van der Waals surface area contributed by atoms with Crippen molar-refractivity contribution in [1.29, 1.82) is 0 Å². The maximum absolute atomic E-state index is 13.1. The van der Waals surface area contributed by atoms with Crippen molar-refractivity contribution in [3.8, 4) is 5.75 Å². The molecule has 0 heterocycles. The monoisotopic (exact) mass is 392 g/mol. The lowest BCUT2D eigenvalue weighted by Gasteiger charge is -2.13. The lowest BCUT2D eigenvalue weighted by atomic mass is 10.3. The molecule has 1 amide bonds. The molecule has 0 aromatic heterocycles. The SMILES string of the molecule is O=C(CNS(=O)(=O)c1ccc(OC2CCCC2)cc1)Nc1cccc(F)c1. The van der Waals surface area contributed by atoms with Crippen molar-refractivity contribution < 1.29 is 22.3 Å². The highest BCUT2D eigenvalue weighted by Gasteiger charge is 2.18. The van der Waals surface area contributed by atoms with E-state index in [1.165, 1.54) is 30.3 Å². The third-order valence-electron chi connectivity index (χ3n) is 4.27. The summed E-state index contributed by atoms with van der Waals surface area (Å²) in [5.41, 5.74) is 0.257. The first kappa shape index (κ1) is 19.3. The van der Waals surface area contributed by atoms with Gasteiger partial charge in [0, 0.05) is 5.69 Å². The fourth-order valence-corrected chi connectivity index (χ4v) is 3.89. The van der Waals surface area contributed by atoms with Gasteiger partial charge in [0.15, 0.2) is 0 Å². The van der Waals surface area contributed by atoms with E-state index in [-0.39, 0.29) is 16.7 Å². The van der Waals surface area contributed by atoms with E-state index < -0.39 is 28.3 Å². The lowest BCUT2D eigenvalue weighted by molar-refractivity contribution is -0.115. The number of anilines is 1. The molecule has 2 aromatic carbocycles. The van der Waals surface area contributed by atoms with Gasteiger partial charge in [-0.15, -0.1) is 0 Å². The molecule has 1 aliphatic rings. The number of rotatable bonds is 7. The number of ether oxygens (including phenoxy) is 1. The maximum atomic E-state index is 13.1. The zero-order valence-electron chi connectivity index (χ0n) is 14.7. The summed E-state index contributed by atoms with van der Waals surface area (Å²) in [6, 6.07) is 11.5. The molecule has 3 rings (SSSR count). The quantitative estimate of drug-likeness (QED) is 0.758. The number of nitrogens with one attached hydrogen (secondary N) is 2. The van der Waals surface area contributed by atoms with E-state index in [1.807, 2.05) is 0 Å². The molecule has 2 aromatic rings. The molecule has 0 radical (unpaired) electrons. The first-order chi connectivity index (χ1) is 12.9. The molecule has 2 N–H and O–H groups in total. The number of hydrogen-bond acceptors (Lipinski definition) is 4. The molecule has 0 unspecified atom stereocenters. The summed E-state index contributed by atoms with van der Waals surface area (Å²) in [6.07, 6.45) is 4.53. The topological polar surface area (TPSA) is 84.5 Å². The second kappa shape index (κ2) is 8.49. The van der Waals surface area contributed by atoms with Crippen LogP contribution in [0.1, 0.15) is 25.7 Å². The van der Waals surface area contributed by atoms with Crippen molar-refractivity contribution in [3.63, 3.8) is 0 Å². The van der Waals surface area contributed by atoms with Crippen LogP contribution >= 0.6 is 0 Å². The number of hydrogen-bond donors (Lipinski definition) is 2. The highest BCUT2D eigenvalue weighted by atomic mass is 32.2. The van der Waals surface area contributed by atoms with Crippen LogP contribution in [0, 0.1) is 5.82 Å². The van der Waals surface area contributed by atoms with E-state index in [2.05, 4.69) is 10.0 Å². The highest BCUT2D eigenvalue weighted by molar-refractivity contribution is 7.89. The zero-order valence-corrected chi connectivity index (χ0v) is 15.5. The minimum absolute atomic E-state index is 0.0415. The third-order valence-corrected chi connectivity index (χ3v) is 5.69. The Morgan fingerprint density at radius 2 is 1.81 bits per heavy atom. The Hall–Kier alpha value is -2.45. The normalized spacial score (nSPS) is 14.9. The molecule has 1 aliphatic carbocycles. The van der Waals surface area contributed by atoms with E-state index >= 15 is 0 Å². The Kier molecular flexibility index (Phi) is 6.08. The molecule has 0 aliphatic heterocycles. The van der Waals surface area contributed by atoms with Crippen LogP contribution in [0.4, 0.5) is 10.1 Å². The van der Waals surface area contributed by atoms with Gasteiger partial charge in [0.1, 0.15) is 11.6 Å². The van der Waals surface area contributed by atoms with Crippen molar-refractivity contribution in [3.05, 3.63) is 54.3 Å². The van der Waals surface area contributed by atoms with Crippen LogP contribution in [0.15, 0.2) is 53.4 Å². The Labute approximate surface area is 157 Å². The predicted molar refractivity (Wildman–Crippen MR) is 99.5 cm³/mol. The number of carbonyl (C=O) groups excluding carboxylic acids is 1. The molecule has 1 saturated carbocycles.